The van der Waals surface area contributed by atoms with E-state index in [1.165, 1.54) is 17.8 Å². The quantitative estimate of drug-likeness (QED) is 0.333. The number of hydrogen-bond donors (Lipinski definition) is 0. The highest BCUT2D eigenvalue weighted by Crippen LogP contribution is 2.34. The second-order valence-corrected chi connectivity index (χ2v) is 8.16. The predicted octanol–water partition coefficient (Wildman–Crippen LogP) is 5.17. The summed E-state index contributed by atoms with van der Waals surface area (Å²) in [4.78, 5) is 4.47. The average Bonchev–Trinajstić information content (AvgIpc) is 3.41. The smallest absolute Gasteiger partial charge is 0.239 e. The number of aryl methyl sites for hydroxylation is 1. The lowest BCUT2D eigenvalue weighted by Gasteiger charge is -2.12. The van der Waals surface area contributed by atoms with Gasteiger partial charge in [-0.2, -0.15) is 4.98 Å². The zero-order valence-electron chi connectivity index (χ0n) is 17.2. The maximum Gasteiger partial charge on any atom is 0.239 e. The van der Waals surface area contributed by atoms with Crippen molar-refractivity contribution in [3.05, 3.63) is 78.0 Å². The summed E-state index contributed by atoms with van der Waals surface area (Å²) in [5.41, 5.74) is 0.881. The molecule has 0 fully saturated rings. The van der Waals surface area contributed by atoms with Gasteiger partial charge in [-0.3, -0.25) is 4.57 Å². The molecule has 0 saturated heterocycles. The molecule has 4 rings (SSSR count). The molecule has 2 aromatic heterocycles. The van der Waals surface area contributed by atoms with Gasteiger partial charge in [0.15, 0.2) is 28.4 Å². The van der Waals surface area contributed by atoms with E-state index in [0.717, 1.165) is 18.5 Å². The molecular formula is C22H22FN5O2S. The Labute approximate surface area is 183 Å². The number of rotatable bonds is 9. The third kappa shape index (κ3) is 4.93. The van der Waals surface area contributed by atoms with Crippen molar-refractivity contribution in [2.45, 2.75) is 43.7 Å². The molecular weight excluding hydrogens is 417 g/mol. The molecule has 0 saturated carbocycles. The lowest BCUT2D eigenvalue weighted by atomic mass is 10.3. The summed E-state index contributed by atoms with van der Waals surface area (Å²) >= 11 is 1.46. The van der Waals surface area contributed by atoms with Crippen molar-refractivity contribution in [1.82, 2.24) is 24.9 Å². The van der Waals surface area contributed by atoms with Gasteiger partial charge in [0.25, 0.3) is 0 Å². The van der Waals surface area contributed by atoms with E-state index in [1.54, 1.807) is 18.2 Å². The van der Waals surface area contributed by atoms with Crippen molar-refractivity contribution in [3.63, 3.8) is 0 Å². The highest BCUT2D eigenvalue weighted by Gasteiger charge is 2.22. The molecule has 7 nitrogen and oxygen atoms in total. The normalized spacial score (nSPS) is 12.1. The second-order valence-electron chi connectivity index (χ2n) is 6.85. The lowest BCUT2D eigenvalue weighted by molar-refractivity contribution is 0.278. The highest BCUT2D eigenvalue weighted by atomic mass is 32.2. The molecule has 31 heavy (non-hydrogen) atoms. The standard InChI is InChI=1S/C22H22FN5O2S/c1-3-9-19-24-21(30-27-19)15(2)31-22-26-25-20(28(22)16-10-5-4-6-11-16)14-29-18-13-8-7-12-17(18)23/h4-8,10-13,15H,3,9,14H2,1-2H3/t15-/m1/s1. The first-order valence-corrected chi connectivity index (χ1v) is 10.9. The van der Waals surface area contributed by atoms with Crippen LogP contribution >= 0.6 is 11.8 Å². The van der Waals surface area contributed by atoms with Crippen molar-refractivity contribution in [3.8, 4) is 11.4 Å². The zero-order valence-corrected chi connectivity index (χ0v) is 18.1. The number of ether oxygens (including phenoxy) is 1. The van der Waals surface area contributed by atoms with Gasteiger partial charge < -0.3 is 9.26 Å². The van der Waals surface area contributed by atoms with Crippen LogP contribution < -0.4 is 4.74 Å². The van der Waals surface area contributed by atoms with Gasteiger partial charge in [-0.1, -0.05) is 54.2 Å². The van der Waals surface area contributed by atoms with Crippen LogP contribution in [0.15, 0.2) is 64.3 Å². The number of halogens is 1. The van der Waals surface area contributed by atoms with E-state index in [1.807, 2.05) is 41.8 Å². The molecule has 2 aromatic carbocycles. The zero-order chi connectivity index (χ0) is 21.6. The van der Waals surface area contributed by atoms with E-state index in [9.17, 15) is 4.39 Å². The number of nitrogens with zero attached hydrogens (tertiary/aromatic N) is 5. The first-order valence-electron chi connectivity index (χ1n) is 10.0. The monoisotopic (exact) mass is 439 g/mol. The number of thioether (sulfide) groups is 1. The van der Waals surface area contributed by atoms with Gasteiger partial charge >= 0.3 is 0 Å². The number of para-hydroxylation sites is 2. The molecule has 0 spiro atoms. The summed E-state index contributed by atoms with van der Waals surface area (Å²) in [6.07, 6.45) is 1.73. The van der Waals surface area contributed by atoms with E-state index in [0.29, 0.717) is 22.7 Å². The average molecular weight is 440 g/mol. The van der Waals surface area contributed by atoms with Crippen molar-refractivity contribution in [1.29, 1.82) is 0 Å². The van der Waals surface area contributed by atoms with Crippen molar-refractivity contribution >= 4 is 11.8 Å². The SMILES string of the molecule is CCCc1noc([C@@H](C)Sc2nnc(COc3ccccc3F)n2-c2ccccc2)n1. The maximum atomic E-state index is 13.9. The molecule has 9 heteroatoms. The number of aromatic nitrogens is 5. The fourth-order valence-electron chi connectivity index (χ4n) is 2.98. The summed E-state index contributed by atoms with van der Waals surface area (Å²) in [6, 6.07) is 16.0. The van der Waals surface area contributed by atoms with Gasteiger partial charge in [0.2, 0.25) is 5.89 Å². The van der Waals surface area contributed by atoms with Crippen LogP contribution in [0.4, 0.5) is 4.39 Å². The predicted molar refractivity (Wildman–Crippen MR) is 115 cm³/mol. The summed E-state index contributed by atoms with van der Waals surface area (Å²) in [7, 11) is 0. The van der Waals surface area contributed by atoms with Crippen LogP contribution in [-0.2, 0) is 13.0 Å². The third-order valence-electron chi connectivity index (χ3n) is 4.50. The molecule has 0 amide bonds. The Morgan fingerprint density at radius 3 is 2.65 bits per heavy atom. The van der Waals surface area contributed by atoms with Crippen LogP contribution in [0, 0.1) is 5.82 Å². The summed E-state index contributed by atoms with van der Waals surface area (Å²) < 4.78 is 26.9. The van der Waals surface area contributed by atoms with Crippen LogP contribution in [0.2, 0.25) is 0 Å². The minimum absolute atomic E-state index is 0.0684. The molecule has 0 bridgehead atoms. The second kappa shape index (κ2) is 9.74. The van der Waals surface area contributed by atoms with Crippen LogP contribution in [0.5, 0.6) is 5.75 Å². The topological polar surface area (TPSA) is 78.9 Å². The molecule has 160 valence electrons. The summed E-state index contributed by atoms with van der Waals surface area (Å²) in [6.45, 7) is 4.12. The van der Waals surface area contributed by atoms with Gasteiger partial charge in [-0.05, 0) is 37.6 Å². The highest BCUT2D eigenvalue weighted by molar-refractivity contribution is 7.99. The fourth-order valence-corrected chi connectivity index (χ4v) is 3.89. The van der Waals surface area contributed by atoms with Crippen LogP contribution in [0.1, 0.15) is 43.1 Å². The van der Waals surface area contributed by atoms with Gasteiger partial charge in [0, 0.05) is 12.1 Å². The molecule has 0 radical (unpaired) electrons. The Kier molecular flexibility index (Phi) is 6.61. The fraction of sp³-hybridized carbons (Fsp3) is 0.273. The first kappa shape index (κ1) is 21.0. The van der Waals surface area contributed by atoms with E-state index in [4.69, 9.17) is 9.26 Å². The van der Waals surface area contributed by atoms with Gasteiger partial charge in [-0.15, -0.1) is 10.2 Å². The van der Waals surface area contributed by atoms with Gasteiger partial charge in [-0.25, -0.2) is 4.39 Å². The molecule has 0 unspecified atom stereocenters. The first-order chi connectivity index (χ1) is 15.2. The minimum atomic E-state index is -0.421. The Hall–Kier alpha value is -3.20. The van der Waals surface area contributed by atoms with E-state index in [-0.39, 0.29) is 17.6 Å². The molecule has 4 aromatic rings. The molecule has 0 aliphatic carbocycles. The minimum Gasteiger partial charge on any atom is -0.483 e. The summed E-state index contributed by atoms with van der Waals surface area (Å²) in [5.74, 6) is 1.55. The van der Waals surface area contributed by atoms with Gasteiger partial charge in [0.05, 0.1) is 5.25 Å². The molecule has 2 heterocycles. The van der Waals surface area contributed by atoms with Crippen LogP contribution in [0.3, 0.4) is 0 Å². The molecule has 0 N–H and O–H groups in total. The van der Waals surface area contributed by atoms with E-state index >= 15 is 0 Å². The summed E-state index contributed by atoms with van der Waals surface area (Å²) in [5, 5.41) is 13.2. The molecule has 1 atom stereocenters. The lowest BCUT2D eigenvalue weighted by Crippen LogP contribution is -2.07. The van der Waals surface area contributed by atoms with Crippen LogP contribution in [-0.4, -0.2) is 24.9 Å². The Bertz CT molecular complexity index is 1130. The van der Waals surface area contributed by atoms with E-state index in [2.05, 4.69) is 27.3 Å². The maximum absolute atomic E-state index is 13.9. The molecule has 0 aliphatic heterocycles. The number of hydrogen-bond acceptors (Lipinski definition) is 7. The number of benzene rings is 2. The van der Waals surface area contributed by atoms with Crippen molar-refractivity contribution < 1.29 is 13.7 Å². The largest absolute Gasteiger partial charge is 0.483 e. The van der Waals surface area contributed by atoms with Crippen molar-refractivity contribution in [2.24, 2.45) is 0 Å². The Morgan fingerprint density at radius 2 is 1.87 bits per heavy atom. The van der Waals surface area contributed by atoms with Crippen molar-refractivity contribution in [2.75, 3.05) is 0 Å². The third-order valence-corrected chi connectivity index (χ3v) is 5.53. The van der Waals surface area contributed by atoms with Gasteiger partial charge in [0.1, 0.15) is 6.61 Å². The molecule has 0 aliphatic rings. The van der Waals surface area contributed by atoms with Crippen LogP contribution in [0.25, 0.3) is 5.69 Å². The van der Waals surface area contributed by atoms with E-state index < -0.39 is 5.82 Å². The Balaban J connectivity index is 1.59. The Morgan fingerprint density at radius 1 is 1.10 bits per heavy atom.